The molecule has 3 aromatic carbocycles. The molecule has 1 saturated heterocycles. The highest BCUT2D eigenvalue weighted by molar-refractivity contribution is 6.30. The summed E-state index contributed by atoms with van der Waals surface area (Å²) in [6.07, 6.45) is 5.41. The minimum Gasteiger partial charge on any atom is -0.394 e. The molecule has 49 heavy (non-hydrogen) atoms. The van der Waals surface area contributed by atoms with Crippen LogP contribution in [0.15, 0.2) is 97.1 Å². The lowest BCUT2D eigenvalue weighted by atomic mass is 9.81. The first-order valence-electron chi connectivity index (χ1n) is 16.9. The molecule has 0 radical (unpaired) electrons. The fraction of sp³-hybridized carbons (Fsp3) is 0.410. The van der Waals surface area contributed by atoms with Gasteiger partial charge in [0.2, 0.25) is 17.7 Å². The predicted octanol–water partition coefficient (Wildman–Crippen LogP) is 4.59. The molecule has 4 rings (SSSR count). The van der Waals surface area contributed by atoms with Crippen LogP contribution in [0, 0.1) is 5.41 Å². The second-order valence-corrected chi connectivity index (χ2v) is 13.6. The Bertz CT molecular complexity index is 1550. The third kappa shape index (κ3) is 11.0. The van der Waals surface area contributed by atoms with E-state index in [1.807, 2.05) is 97.9 Å². The Hall–Kier alpha value is -4.02. The van der Waals surface area contributed by atoms with Gasteiger partial charge in [0.05, 0.1) is 42.9 Å². The monoisotopic (exact) mass is 688 g/mol. The van der Waals surface area contributed by atoms with Crippen molar-refractivity contribution in [2.24, 2.45) is 11.1 Å². The van der Waals surface area contributed by atoms with Crippen molar-refractivity contribution in [3.05, 3.63) is 119 Å². The number of nitrogens with two attached hydrogens (primary N) is 1. The highest BCUT2D eigenvalue weighted by Crippen LogP contribution is 2.29. The molecule has 1 aliphatic heterocycles. The normalized spacial score (nSPS) is 18.3. The minimum atomic E-state index is -1.04. The number of aliphatic hydroxyl groups is 1. The Balaban J connectivity index is 1.56. The fourth-order valence-electron chi connectivity index (χ4n) is 6.03. The van der Waals surface area contributed by atoms with E-state index >= 15 is 0 Å². The van der Waals surface area contributed by atoms with Gasteiger partial charge in [0.1, 0.15) is 6.04 Å². The summed E-state index contributed by atoms with van der Waals surface area (Å²) in [5, 5.41) is 16.6. The molecule has 1 aliphatic rings. The lowest BCUT2D eigenvalue weighted by Gasteiger charge is -2.32. The number of nitrogens with zero attached hydrogens (tertiary/aromatic N) is 1. The first kappa shape index (κ1) is 37.8. The maximum atomic E-state index is 14.1. The van der Waals surface area contributed by atoms with Gasteiger partial charge in [-0.3, -0.25) is 14.4 Å². The van der Waals surface area contributed by atoms with Crippen LogP contribution in [0.3, 0.4) is 0 Å². The fourth-order valence-corrected chi connectivity index (χ4v) is 6.24. The molecule has 0 bridgehead atoms. The highest BCUT2D eigenvalue weighted by Gasteiger charge is 2.38. The van der Waals surface area contributed by atoms with Crippen molar-refractivity contribution in [2.45, 2.75) is 83.3 Å². The summed E-state index contributed by atoms with van der Waals surface area (Å²) < 4.78 is 6.09. The smallest absolute Gasteiger partial charge is 0.248 e. The molecular weight excluding hydrogens is 640 g/mol. The van der Waals surface area contributed by atoms with Crippen LogP contribution in [-0.2, 0) is 38.6 Å². The van der Waals surface area contributed by atoms with Crippen molar-refractivity contribution in [3.8, 4) is 0 Å². The number of hydrogen-bond acceptors (Lipinski definition) is 6. The summed E-state index contributed by atoms with van der Waals surface area (Å²) in [7, 11) is 0. The maximum Gasteiger partial charge on any atom is 0.248 e. The average molecular weight is 689 g/mol. The molecule has 0 spiro atoms. The number of amides is 3. The summed E-state index contributed by atoms with van der Waals surface area (Å²) in [6, 6.07) is 24.2. The molecule has 1 heterocycles. The number of halogens is 1. The summed E-state index contributed by atoms with van der Waals surface area (Å²) in [4.78, 5) is 42.7. The van der Waals surface area contributed by atoms with Gasteiger partial charge < -0.3 is 31.1 Å². The zero-order chi connectivity index (χ0) is 35.4. The molecule has 0 unspecified atom stereocenters. The van der Waals surface area contributed by atoms with E-state index in [0.717, 1.165) is 23.1 Å². The Morgan fingerprint density at radius 3 is 2.29 bits per heavy atom. The van der Waals surface area contributed by atoms with Crippen molar-refractivity contribution in [1.29, 1.82) is 0 Å². The van der Waals surface area contributed by atoms with Gasteiger partial charge in [-0.25, -0.2) is 0 Å². The van der Waals surface area contributed by atoms with Gasteiger partial charge in [0.15, 0.2) is 0 Å². The van der Waals surface area contributed by atoms with Crippen LogP contribution >= 0.6 is 11.6 Å². The first-order valence-corrected chi connectivity index (χ1v) is 17.3. The van der Waals surface area contributed by atoms with Crippen molar-refractivity contribution < 1.29 is 24.2 Å². The predicted molar refractivity (Wildman–Crippen MR) is 193 cm³/mol. The zero-order valence-electron chi connectivity index (χ0n) is 28.6. The van der Waals surface area contributed by atoms with Gasteiger partial charge in [-0.2, -0.15) is 0 Å². The molecule has 262 valence electrons. The van der Waals surface area contributed by atoms with E-state index in [1.165, 1.54) is 0 Å². The van der Waals surface area contributed by atoms with Crippen LogP contribution in [0.4, 0.5) is 0 Å². The topological polar surface area (TPSA) is 134 Å². The van der Waals surface area contributed by atoms with Crippen molar-refractivity contribution in [2.75, 3.05) is 13.2 Å². The first-order chi connectivity index (χ1) is 23.5. The quantitative estimate of drug-likeness (QED) is 0.163. The van der Waals surface area contributed by atoms with Gasteiger partial charge >= 0.3 is 0 Å². The van der Waals surface area contributed by atoms with Crippen LogP contribution in [0.1, 0.15) is 50.3 Å². The molecule has 5 N–H and O–H groups in total. The number of carbonyl (C=O) groups is 3. The lowest BCUT2D eigenvalue weighted by molar-refractivity contribution is -0.141. The molecule has 0 aliphatic carbocycles. The van der Waals surface area contributed by atoms with Crippen LogP contribution in [-0.4, -0.2) is 71.2 Å². The number of likely N-dealkylation sites (tertiary alicyclic amines) is 1. The molecule has 10 heteroatoms. The summed E-state index contributed by atoms with van der Waals surface area (Å²) >= 11 is 6.31. The average Bonchev–Trinajstić information content (AvgIpc) is 3.57. The van der Waals surface area contributed by atoms with Crippen molar-refractivity contribution >= 4 is 29.3 Å². The number of ether oxygens (including phenoxy) is 1. The zero-order valence-corrected chi connectivity index (χ0v) is 29.3. The Labute approximate surface area is 294 Å². The molecule has 0 aromatic heterocycles. The Morgan fingerprint density at radius 2 is 1.65 bits per heavy atom. The standard InChI is InChI=1S/C39H49ClN4O5/c1-27(41)36(46)43-35(28(2)49-26-30-14-8-5-9-15-30)37(47)44-21-11-18-34(44)19-20-39(3,24-31-16-10-17-32(40)22-31)38(48)42-33(25-45)23-29-12-6-4-7-13-29/h4-10,12-17,19-20,22,27-28,33-35,45H,11,18,21,23-26,41H2,1-3H3,(H,42,48)(H,43,46)/b20-19+/t27-,28+,33-,34-,35-,39-/m0/s1. The molecule has 3 aromatic rings. The van der Waals surface area contributed by atoms with Gasteiger partial charge in [-0.15, -0.1) is 0 Å². The van der Waals surface area contributed by atoms with E-state index in [0.29, 0.717) is 30.8 Å². The van der Waals surface area contributed by atoms with E-state index in [4.69, 9.17) is 22.1 Å². The van der Waals surface area contributed by atoms with Gasteiger partial charge in [-0.1, -0.05) is 96.5 Å². The van der Waals surface area contributed by atoms with Crippen LogP contribution in [0.25, 0.3) is 0 Å². The van der Waals surface area contributed by atoms with Crippen LogP contribution in [0.5, 0.6) is 0 Å². The van der Waals surface area contributed by atoms with Gasteiger partial charge in [0.25, 0.3) is 0 Å². The van der Waals surface area contributed by atoms with E-state index in [1.54, 1.807) is 24.8 Å². The van der Waals surface area contributed by atoms with Crippen LogP contribution in [0.2, 0.25) is 5.02 Å². The van der Waals surface area contributed by atoms with Crippen molar-refractivity contribution in [3.63, 3.8) is 0 Å². The summed E-state index contributed by atoms with van der Waals surface area (Å²) in [5.41, 5.74) is 7.65. The third-order valence-corrected chi connectivity index (χ3v) is 9.17. The van der Waals surface area contributed by atoms with E-state index in [-0.39, 0.29) is 31.1 Å². The molecule has 1 fully saturated rings. The number of hydrogen-bond donors (Lipinski definition) is 4. The number of nitrogens with one attached hydrogen (secondary N) is 2. The molecule has 9 nitrogen and oxygen atoms in total. The maximum absolute atomic E-state index is 14.1. The second-order valence-electron chi connectivity index (χ2n) is 13.1. The lowest BCUT2D eigenvalue weighted by Crippen LogP contribution is -2.57. The summed E-state index contributed by atoms with van der Waals surface area (Å²) in [6.45, 7) is 5.74. The largest absolute Gasteiger partial charge is 0.394 e. The van der Waals surface area contributed by atoms with Crippen molar-refractivity contribution in [1.82, 2.24) is 15.5 Å². The Kier molecular flexibility index (Phi) is 14.0. The number of benzene rings is 3. The van der Waals surface area contributed by atoms with E-state index < -0.39 is 35.6 Å². The molecule has 3 amide bonds. The third-order valence-electron chi connectivity index (χ3n) is 8.93. The molecule has 0 saturated carbocycles. The van der Waals surface area contributed by atoms with Crippen LogP contribution < -0.4 is 16.4 Å². The number of carbonyl (C=O) groups excluding carboxylic acids is 3. The molecular formula is C39H49ClN4O5. The minimum absolute atomic E-state index is 0.221. The van der Waals surface area contributed by atoms with E-state index in [2.05, 4.69) is 10.6 Å². The SMILES string of the molecule is C[C@H](N)C(=O)N[C@H](C(=O)N1CCC[C@H]1/C=C/[C@@](C)(Cc1cccc(Cl)c1)C(=O)N[C@H](CO)Cc1ccccc1)[C@@H](C)OCc1ccccc1. The Morgan fingerprint density at radius 1 is 1.00 bits per heavy atom. The number of aliphatic hydroxyl groups excluding tert-OH is 1. The highest BCUT2D eigenvalue weighted by atomic mass is 35.5. The number of rotatable bonds is 16. The van der Waals surface area contributed by atoms with E-state index in [9.17, 15) is 19.5 Å². The molecule has 6 atom stereocenters. The van der Waals surface area contributed by atoms with Gasteiger partial charge in [0, 0.05) is 11.6 Å². The van der Waals surface area contributed by atoms with Gasteiger partial charge in [-0.05, 0) is 75.3 Å². The second kappa shape index (κ2) is 18.1. The summed E-state index contributed by atoms with van der Waals surface area (Å²) in [5.74, 6) is -0.968.